The molecule has 0 N–H and O–H groups in total. The van der Waals surface area contributed by atoms with Crippen LogP contribution in [0.15, 0.2) is 91.0 Å². The van der Waals surface area contributed by atoms with Gasteiger partial charge in [0.1, 0.15) is 0 Å². The molecule has 0 fully saturated rings. The zero-order valence-electron chi connectivity index (χ0n) is 16.4. The molecule has 3 rings (SSSR count). The minimum atomic E-state index is -0.328. The van der Waals surface area contributed by atoms with Gasteiger partial charge in [-0.3, -0.25) is 0 Å². The molecule has 0 aliphatic heterocycles. The number of benzene rings is 3. The van der Waals surface area contributed by atoms with Crippen LogP contribution in [-0.2, 0) is 16.0 Å². The minimum absolute atomic E-state index is 0.119. The van der Waals surface area contributed by atoms with Crippen LogP contribution in [0, 0.1) is 5.92 Å². The van der Waals surface area contributed by atoms with Crippen molar-refractivity contribution in [2.45, 2.75) is 6.42 Å². The summed E-state index contributed by atoms with van der Waals surface area (Å²) in [6, 6.07) is 27.9. The van der Waals surface area contributed by atoms with E-state index in [4.69, 9.17) is 9.47 Å². The number of esters is 1. The van der Waals surface area contributed by atoms with Gasteiger partial charge in [0.15, 0.2) is 0 Å². The number of hydrogen-bond acceptors (Lipinski definition) is 3. The van der Waals surface area contributed by atoms with E-state index in [2.05, 4.69) is 12.1 Å². The summed E-state index contributed by atoms with van der Waals surface area (Å²) in [5.41, 5.74) is 2.57. The summed E-state index contributed by atoms with van der Waals surface area (Å²) >= 11 is 0.119. The monoisotopic (exact) mass is 452 g/mol. The van der Waals surface area contributed by atoms with E-state index in [9.17, 15) is 4.79 Å². The Morgan fingerprint density at radius 3 is 2.24 bits per heavy atom. The van der Waals surface area contributed by atoms with Crippen LogP contribution in [0.2, 0.25) is 0 Å². The van der Waals surface area contributed by atoms with Gasteiger partial charge in [0, 0.05) is 0 Å². The molecule has 0 heterocycles. The second kappa shape index (κ2) is 11.3. The Labute approximate surface area is 178 Å². The van der Waals surface area contributed by atoms with Crippen LogP contribution in [0.4, 0.5) is 0 Å². The van der Waals surface area contributed by atoms with Gasteiger partial charge in [0.25, 0.3) is 0 Å². The molecule has 0 bridgehead atoms. The van der Waals surface area contributed by atoms with Crippen LogP contribution in [0.25, 0.3) is 6.08 Å². The van der Waals surface area contributed by atoms with Gasteiger partial charge in [-0.15, -0.1) is 0 Å². The third kappa shape index (κ3) is 6.94. The molecule has 0 unspecified atom stereocenters. The Hall–Kier alpha value is -2.81. The first-order valence-corrected chi connectivity index (χ1v) is 11.5. The van der Waals surface area contributed by atoms with Crippen molar-refractivity contribution >= 4 is 31.5 Å². The van der Waals surface area contributed by atoms with Crippen molar-refractivity contribution in [2.75, 3.05) is 12.6 Å². The molecule has 148 valence electrons. The van der Waals surface area contributed by atoms with Crippen LogP contribution in [0.5, 0.6) is 5.75 Å². The summed E-state index contributed by atoms with van der Waals surface area (Å²) in [6.07, 6.45) is 4.52. The first-order valence-electron chi connectivity index (χ1n) is 9.45. The summed E-state index contributed by atoms with van der Waals surface area (Å²) in [7, 11) is 1.65. The molecule has 1 atom stereocenters. The molecule has 3 aromatic carbocycles. The van der Waals surface area contributed by atoms with Crippen molar-refractivity contribution < 1.29 is 14.3 Å². The van der Waals surface area contributed by atoms with Gasteiger partial charge in [0.2, 0.25) is 0 Å². The molecular formula is C25H24O3Se. The molecule has 0 amide bonds. The number of rotatable bonds is 9. The van der Waals surface area contributed by atoms with Crippen LogP contribution in [-0.4, -0.2) is 33.5 Å². The maximum absolute atomic E-state index is 12.8. The number of carbonyl (C=O) groups is 1. The van der Waals surface area contributed by atoms with Gasteiger partial charge in [-0.05, 0) is 0 Å². The molecule has 3 nitrogen and oxygen atoms in total. The van der Waals surface area contributed by atoms with Gasteiger partial charge < -0.3 is 0 Å². The van der Waals surface area contributed by atoms with E-state index in [0.717, 1.165) is 16.9 Å². The fourth-order valence-electron chi connectivity index (χ4n) is 2.82. The zero-order valence-corrected chi connectivity index (χ0v) is 18.1. The van der Waals surface area contributed by atoms with Crippen molar-refractivity contribution in [3.8, 4) is 5.75 Å². The second-order valence-corrected chi connectivity index (χ2v) is 8.56. The maximum atomic E-state index is 12.8. The Kier molecular flexibility index (Phi) is 8.12. The SMILES string of the molecule is COc1ccc(/C=C/[C@@H](Cc2ccccc2)C(=O)OC[Se]c2ccccc2)cc1. The second-order valence-electron chi connectivity index (χ2n) is 6.47. The van der Waals surface area contributed by atoms with Crippen molar-refractivity contribution in [1.29, 1.82) is 0 Å². The summed E-state index contributed by atoms with van der Waals surface area (Å²) in [6.45, 7) is 0. The van der Waals surface area contributed by atoms with Crippen LogP contribution in [0.1, 0.15) is 11.1 Å². The van der Waals surface area contributed by atoms with Crippen molar-refractivity contribution in [3.63, 3.8) is 0 Å². The average Bonchev–Trinajstić information content (AvgIpc) is 2.78. The molecular weight excluding hydrogens is 427 g/mol. The van der Waals surface area contributed by atoms with Crippen LogP contribution in [0.3, 0.4) is 0 Å². The molecule has 0 saturated carbocycles. The van der Waals surface area contributed by atoms with E-state index in [1.807, 2.05) is 84.9 Å². The molecule has 3 aromatic rings. The van der Waals surface area contributed by atoms with Gasteiger partial charge in [0.05, 0.1) is 0 Å². The third-order valence-electron chi connectivity index (χ3n) is 4.41. The summed E-state index contributed by atoms with van der Waals surface area (Å²) in [5, 5.41) is 0. The summed E-state index contributed by atoms with van der Waals surface area (Å²) in [4.78, 5) is 12.8. The summed E-state index contributed by atoms with van der Waals surface area (Å²) < 4.78 is 12.0. The first-order chi connectivity index (χ1) is 14.2. The molecule has 0 aliphatic rings. The van der Waals surface area contributed by atoms with Gasteiger partial charge in [-0.2, -0.15) is 0 Å². The van der Waals surface area contributed by atoms with Gasteiger partial charge in [-0.1, -0.05) is 0 Å². The number of hydrogen-bond donors (Lipinski definition) is 0. The van der Waals surface area contributed by atoms with Crippen LogP contribution < -0.4 is 9.20 Å². The van der Waals surface area contributed by atoms with E-state index >= 15 is 0 Å². The number of ether oxygens (including phenoxy) is 2. The quantitative estimate of drug-likeness (QED) is 0.363. The fourth-order valence-corrected chi connectivity index (χ4v) is 4.21. The Bertz CT molecular complexity index is 906. The molecule has 0 aliphatic carbocycles. The Morgan fingerprint density at radius 2 is 1.59 bits per heavy atom. The van der Waals surface area contributed by atoms with Crippen LogP contribution >= 0.6 is 0 Å². The zero-order chi connectivity index (χ0) is 20.3. The van der Waals surface area contributed by atoms with E-state index in [1.165, 1.54) is 4.46 Å². The molecule has 4 heteroatoms. The first kappa shape index (κ1) is 20.9. The molecule has 0 spiro atoms. The predicted octanol–water partition coefficient (Wildman–Crippen LogP) is 4.10. The molecule has 0 saturated heterocycles. The van der Waals surface area contributed by atoms with Crippen molar-refractivity contribution in [1.82, 2.24) is 0 Å². The predicted molar refractivity (Wildman–Crippen MR) is 118 cm³/mol. The van der Waals surface area contributed by atoms with Gasteiger partial charge >= 0.3 is 179 Å². The molecule has 29 heavy (non-hydrogen) atoms. The van der Waals surface area contributed by atoms with E-state index in [-0.39, 0.29) is 26.8 Å². The van der Waals surface area contributed by atoms with E-state index in [0.29, 0.717) is 11.9 Å². The third-order valence-corrected chi connectivity index (χ3v) is 6.17. The normalized spacial score (nSPS) is 11.9. The van der Waals surface area contributed by atoms with E-state index in [1.54, 1.807) is 7.11 Å². The van der Waals surface area contributed by atoms with Crippen molar-refractivity contribution in [2.24, 2.45) is 5.92 Å². The summed E-state index contributed by atoms with van der Waals surface area (Å²) in [5.74, 6) is 0.299. The topological polar surface area (TPSA) is 35.5 Å². The van der Waals surface area contributed by atoms with Gasteiger partial charge in [-0.25, -0.2) is 0 Å². The van der Waals surface area contributed by atoms with E-state index < -0.39 is 0 Å². The fraction of sp³-hybridized carbons (Fsp3) is 0.160. The molecule has 0 aromatic heterocycles. The van der Waals surface area contributed by atoms with Crippen molar-refractivity contribution in [3.05, 3.63) is 102 Å². The molecule has 0 radical (unpaired) electrons. The Balaban J connectivity index is 1.65. The Morgan fingerprint density at radius 1 is 0.931 bits per heavy atom. The number of methoxy groups -OCH3 is 1. The standard InChI is InChI=1S/C25H24O3Se/c1-27-23-16-13-20(14-17-23)12-15-22(18-21-8-4-2-5-9-21)25(26)28-19-29-24-10-6-3-7-11-24/h2-17,22H,18-19H2,1H3/b15-12+/t22-/m0/s1. The number of carbonyl (C=O) groups excluding carboxylic acids is 1. The average molecular weight is 451 g/mol.